The molecule has 0 saturated carbocycles. The molecule has 0 radical (unpaired) electrons. The van der Waals surface area contributed by atoms with Crippen LogP contribution in [0.1, 0.15) is 28.3 Å². The van der Waals surface area contributed by atoms with Gasteiger partial charge < -0.3 is 9.73 Å². The molecule has 0 aliphatic heterocycles. The van der Waals surface area contributed by atoms with Crippen LogP contribution in [0.15, 0.2) is 71.1 Å². The Morgan fingerprint density at radius 2 is 1.94 bits per heavy atom. The highest BCUT2D eigenvalue weighted by Crippen LogP contribution is 2.27. The standard InChI is InChI=1S/C24H21N3O4S/c1-16-22(15-17-6-5-9-19(14-17)27(29)30)32-24(25-16)26-23(28)13-11-20-10-12-21(31-20)18-7-3-2-4-8-18/h2-10,12,14H,11,13,15H2,1H3,(H,25,26,28). The quantitative estimate of drug-likeness (QED) is 0.273. The molecule has 1 amide bonds. The second-order valence-corrected chi connectivity index (χ2v) is 8.40. The molecule has 0 aliphatic carbocycles. The van der Waals surface area contributed by atoms with E-state index in [1.54, 1.807) is 12.1 Å². The van der Waals surface area contributed by atoms with E-state index in [0.29, 0.717) is 18.0 Å². The molecule has 0 aliphatic rings. The van der Waals surface area contributed by atoms with E-state index in [-0.39, 0.29) is 18.0 Å². The number of amides is 1. The Morgan fingerprint density at radius 1 is 1.12 bits per heavy atom. The van der Waals surface area contributed by atoms with Crippen molar-refractivity contribution in [2.24, 2.45) is 0 Å². The van der Waals surface area contributed by atoms with Crippen molar-refractivity contribution in [3.05, 3.63) is 98.7 Å². The fourth-order valence-electron chi connectivity index (χ4n) is 3.30. The Kier molecular flexibility index (Phi) is 6.42. The van der Waals surface area contributed by atoms with E-state index in [9.17, 15) is 14.9 Å². The van der Waals surface area contributed by atoms with Gasteiger partial charge >= 0.3 is 0 Å². The number of carbonyl (C=O) groups excluding carboxylic acids is 1. The first kappa shape index (κ1) is 21.5. The molecule has 4 aromatic rings. The molecule has 162 valence electrons. The van der Waals surface area contributed by atoms with Crippen molar-refractivity contribution in [1.82, 2.24) is 4.98 Å². The molecular weight excluding hydrogens is 426 g/mol. The fourth-order valence-corrected chi connectivity index (χ4v) is 4.31. The number of furan rings is 1. The van der Waals surface area contributed by atoms with Gasteiger partial charge in [-0.2, -0.15) is 0 Å². The molecule has 2 aromatic heterocycles. The summed E-state index contributed by atoms with van der Waals surface area (Å²) >= 11 is 1.38. The second-order valence-electron chi connectivity index (χ2n) is 7.31. The Morgan fingerprint density at radius 3 is 2.72 bits per heavy atom. The van der Waals surface area contributed by atoms with Gasteiger partial charge in [-0.3, -0.25) is 14.9 Å². The number of rotatable bonds is 8. The predicted octanol–water partition coefficient (Wildman–Crippen LogP) is 5.78. The molecule has 0 spiro atoms. The lowest BCUT2D eigenvalue weighted by molar-refractivity contribution is -0.384. The Labute approximate surface area is 188 Å². The fraction of sp³-hybridized carbons (Fsp3) is 0.167. The van der Waals surface area contributed by atoms with Crippen LogP contribution in [0.3, 0.4) is 0 Å². The molecule has 7 nitrogen and oxygen atoms in total. The minimum atomic E-state index is -0.406. The first-order chi connectivity index (χ1) is 15.5. The number of nitrogens with zero attached hydrogens (tertiary/aromatic N) is 2. The molecule has 4 rings (SSSR count). The number of nitro benzene ring substituents is 1. The van der Waals surface area contributed by atoms with Crippen LogP contribution in [0.4, 0.5) is 10.8 Å². The summed E-state index contributed by atoms with van der Waals surface area (Å²) in [4.78, 5) is 28.4. The number of nitrogens with one attached hydrogen (secondary N) is 1. The third kappa shape index (κ3) is 5.28. The number of benzene rings is 2. The normalized spacial score (nSPS) is 10.8. The smallest absolute Gasteiger partial charge is 0.269 e. The minimum Gasteiger partial charge on any atom is -0.461 e. The summed E-state index contributed by atoms with van der Waals surface area (Å²) in [6, 6.07) is 20.2. The molecule has 0 atom stereocenters. The van der Waals surface area contributed by atoms with Crippen molar-refractivity contribution < 1.29 is 14.1 Å². The molecule has 2 heterocycles. The van der Waals surface area contributed by atoms with Gasteiger partial charge in [-0.25, -0.2) is 4.98 Å². The van der Waals surface area contributed by atoms with Crippen LogP contribution in [0, 0.1) is 17.0 Å². The number of anilines is 1. The SMILES string of the molecule is Cc1nc(NC(=O)CCc2ccc(-c3ccccc3)o2)sc1Cc1cccc([N+](=O)[O-])c1. The number of carbonyl (C=O) groups is 1. The predicted molar refractivity (Wildman–Crippen MR) is 124 cm³/mol. The van der Waals surface area contributed by atoms with Gasteiger partial charge in [-0.05, 0) is 24.6 Å². The van der Waals surface area contributed by atoms with Gasteiger partial charge in [0.25, 0.3) is 5.69 Å². The average Bonchev–Trinajstić information content (AvgIpc) is 3.40. The largest absolute Gasteiger partial charge is 0.461 e. The molecule has 0 unspecified atom stereocenters. The van der Waals surface area contributed by atoms with Crippen LogP contribution in [0.2, 0.25) is 0 Å². The number of non-ortho nitro benzene ring substituents is 1. The van der Waals surface area contributed by atoms with Crippen molar-refractivity contribution in [2.75, 3.05) is 5.32 Å². The highest BCUT2D eigenvalue weighted by molar-refractivity contribution is 7.15. The second kappa shape index (κ2) is 9.57. The lowest BCUT2D eigenvalue weighted by atomic mass is 10.1. The van der Waals surface area contributed by atoms with E-state index in [1.165, 1.54) is 17.4 Å². The third-order valence-electron chi connectivity index (χ3n) is 4.94. The van der Waals surface area contributed by atoms with Crippen molar-refractivity contribution in [3.63, 3.8) is 0 Å². The minimum absolute atomic E-state index is 0.0616. The maximum Gasteiger partial charge on any atom is 0.269 e. The van der Waals surface area contributed by atoms with E-state index in [0.717, 1.165) is 33.2 Å². The average molecular weight is 448 g/mol. The maximum atomic E-state index is 12.4. The van der Waals surface area contributed by atoms with Gasteiger partial charge in [0.15, 0.2) is 5.13 Å². The van der Waals surface area contributed by atoms with Crippen LogP contribution in [0.25, 0.3) is 11.3 Å². The number of hydrogen-bond acceptors (Lipinski definition) is 6. The van der Waals surface area contributed by atoms with Crippen LogP contribution in [0.5, 0.6) is 0 Å². The van der Waals surface area contributed by atoms with E-state index in [1.807, 2.05) is 55.5 Å². The van der Waals surface area contributed by atoms with Crippen LogP contribution >= 0.6 is 11.3 Å². The topological polar surface area (TPSA) is 98.3 Å². The summed E-state index contributed by atoms with van der Waals surface area (Å²) in [6.07, 6.45) is 1.29. The molecule has 2 aromatic carbocycles. The van der Waals surface area contributed by atoms with Gasteiger partial charge in [0.2, 0.25) is 5.91 Å². The first-order valence-electron chi connectivity index (χ1n) is 10.1. The van der Waals surface area contributed by atoms with E-state index in [2.05, 4.69) is 10.3 Å². The summed E-state index contributed by atoms with van der Waals surface area (Å²) in [7, 11) is 0. The van der Waals surface area contributed by atoms with Gasteiger partial charge in [0.1, 0.15) is 11.5 Å². The number of thiazole rings is 1. The zero-order valence-corrected chi connectivity index (χ0v) is 18.2. The van der Waals surface area contributed by atoms with Crippen LogP contribution < -0.4 is 5.32 Å². The third-order valence-corrected chi connectivity index (χ3v) is 6.02. The summed E-state index contributed by atoms with van der Waals surface area (Å²) in [5, 5.41) is 14.3. The highest BCUT2D eigenvalue weighted by Gasteiger charge is 2.14. The lowest BCUT2D eigenvalue weighted by Gasteiger charge is -2.01. The van der Waals surface area contributed by atoms with Crippen molar-refractivity contribution >= 4 is 28.1 Å². The van der Waals surface area contributed by atoms with Gasteiger partial charge in [0.05, 0.1) is 10.6 Å². The van der Waals surface area contributed by atoms with E-state index in [4.69, 9.17) is 4.42 Å². The van der Waals surface area contributed by atoms with Crippen molar-refractivity contribution in [1.29, 1.82) is 0 Å². The Balaban J connectivity index is 1.34. The van der Waals surface area contributed by atoms with Crippen LogP contribution in [-0.2, 0) is 17.6 Å². The van der Waals surface area contributed by atoms with Crippen LogP contribution in [-0.4, -0.2) is 15.8 Å². The molecule has 32 heavy (non-hydrogen) atoms. The van der Waals surface area contributed by atoms with Gasteiger partial charge in [-0.1, -0.05) is 42.5 Å². The molecule has 0 fully saturated rings. The molecule has 0 saturated heterocycles. The van der Waals surface area contributed by atoms with Gasteiger partial charge in [0, 0.05) is 41.8 Å². The number of hydrogen-bond donors (Lipinski definition) is 1. The Hall–Kier alpha value is -3.78. The summed E-state index contributed by atoms with van der Waals surface area (Å²) in [6.45, 7) is 1.87. The maximum absolute atomic E-state index is 12.4. The first-order valence-corrected chi connectivity index (χ1v) is 10.9. The van der Waals surface area contributed by atoms with Crippen molar-refractivity contribution in [2.45, 2.75) is 26.2 Å². The molecule has 8 heteroatoms. The molecule has 1 N–H and O–H groups in total. The zero-order chi connectivity index (χ0) is 22.5. The molecular formula is C24H21N3O4S. The van der Waals surface area contributed by atoms with Crippen molar-refractivity contribution in [3.8, 4) is 11.3 Å². The zero-order valence-electron chi connectivity index (χ0n) is 17.4. The van der Waals surface area contributed by atoms with Gasteiger partial charge in [-0.15, -0.1) is 11.3 Å². The van der Waals surface area contributed by atoms with E-state index < -0.39 is 4.92 Å². The number of aromatic nitrogens is 1. The highest BCUT2D eigenvalue weighted by atomic mass is 32.1. The van der Waals surface area contributed by atoms with E-state index >= 15 is 0 Å². The number of aryl methyl sites for hydroxylation is 2. The summed E-state index contributed by atoms with van der Waals surface area (Å²) in [5.41, 5.74) is 2.69. The molecule has 0 bridgehead atoms. The lowest BCUT2D eigenvalue weighted by Crippen LogP contribution is -2.11. The summed E-state index contributed by atoms with van der Waals surface area (Å²) < 4.78 is 5.85. The summed E-state index contributed by atoms with van der Waals surface area (Å²) in [5.74, 6) is 1.39. The Bertz CT molecular complexity index is 1250. The monoisotopic (exact) mass is 447 g/mol. The number of nitro groups is 1.